The van der Waals surface area contributed by atoms with Crippen LogP contribution in [-0.4, -0.2) is 55.1 Å². The van der Waals surface area contributed by atoms with Crippen LogP contribution in [0.4, 0.5) is 5.69 Å². The lowest BCUT2D eigenvalue weighted by Crippen LogP contribution is -2.60. The summed E-state index contributed by atoms with van der Waals surface area (Å²) in [5.74, 6) is 0.150. The molecule has 0 aromatic heterocycles. The fraction of sp³-hybridized carbons (Fsp3) is 0.632. The highest BCUT2D eigenvalue weighted by molar-refractivity contribution is 6.20. The van der Waals surface area contributed by atoms with Crippen molar-refractivity contribution in [2.75, 3.05) is 38.3 Å². The lowest BCUT2D eigenvalue weighted by atomic mass is 9.85. The van der Waals surface area contributed by atoms with E-state index in [0.29, 0.717) is 13.0 Å². The third kappa shape index (κ3) is 4.50. The summed E-state index contributed by atoms with van der Waals surface area (Å²) in [5, 5.41) is 0.141. The Kier molecular flexibility index (Phi) is 7.08. The number of carbonyl (C=O) groups is 1. The van der Waals surface area contributed by atoms with E-state index >= 15 is 0 Å². The average molecular weight is 353 g/mol. The predicted octanol–water partition coefficient (Wildman–Crippen LogP) is 3.54. The minimum atomic E-state index is -0.282. The Morgan fingerprint density at radius 2 is 1.96 bits per heavy atom. The number of ether oxygens (including phenoxy) is 1. The number of likely N-dealkylation sites (tertiary alicyclic amines) is 1. The maximum Gasteiger partial charge on any atom is 0.227 e. The molecule has 0 N–H and O–H groups in total. The zero-order chi connectivity index (χ0) is 17.6. The van der Waals surface area contributed by atoms with Gasteiger partial charge in [-0.3, -0.25) is 4.79 Å². The zero-order valence-electron chi connectivity index (χ0n) is 15.0. The van der Waals surface area contributed by atoms with Crippen molar-refractivity contribution in [3.8, 4) is 0 Å². The van der Waals surface area contributed by atoms with Crippen LogP contribution in [0, 0.1) is 0 Å². The molecule has 0 spiro atoms. The van der Waals surface area contributed by atoms with Crippen molar-refractivity contribution >= 4 is 23.2 Å². The van der Waals surface area contributed by atoms with Gasteiger partial charge in [0.1, 0.15) is 0 Å². The van der Waals surface area contributed by atoms with Gasteiger partial charge in [-0.25, -0.2) is 0 Å². The van der Waals surface area contributed by atoms with E-state index in [9.17, 15) is 4.79 Å². The number of carbonyl (C=O) groups excluding carboxylic acids is 1. The summed E-state index contributed by atoms with van der Waals surface area (Å²) in [5.41, 5.74) is 0.676. The van der Waals surface area contributed by atoms with E-state index in [-0.39, 0.29) is 16.8 Å². The van der Waals surface area contributed by atoms with Crippen LogP contribution in [0.3, 0.4) is 0 Å². The number of methoxy groups -OCH3 is 1. The van der Waals surface area contributed by atoms with E-state index in [1.54, 1.807) is 7.11 Å². The molecular formula is C19H29ClN2O2. The van der Waals surface area contributed by atoms with E-state index in [0.717, 1.165) is 38.2 Å². The predicted molar refractivity (Wildman–Crippen MR) is 99.8 cm³/mol. The second-order valence-corrected chi connectivity index (χ2v) is 7.40. The van der Waals surface area contributed by atoms with Crippen LogP contribution < -0.4 is 4.90 Å². The van der Waals surface area contributed by atoms with Crippen molar-refractivity contribution in [1.29, 1.82) is 0 Å². The lowest BCUT2D eigenvalue weighted by molar-refractivity contribution is -0.120. The maximum atomic E-state index is 12.8. The molecule has 0 aliphatic carbocycles. The van der Waals surface area contributed by atoms with Gasteiger partial charge in [0.15, 0.2) is 0 Å². The number of alkyl halides is 1. The van der Waals surface area contributed by atoms with Gasteiger partial charge in [0.2, 0.25) is 5.91 Å². The molecule has 1 saturated heterocycles. The fourth-order valence-electron chi connectivity index (χ4n) is 3.63. The number of hydrogen-bond donors (Lipinski definition) is 0. The molecule has 134 valence electrons. The number of amides is 1. The summed E-state index contributed by atoms with van der Waals surface area (Å²) in [6.07, 6.45) is 2.28. The SMILES string of the molecule is CCC(=O)N(c1ccccc1)C1(COC)CCN(CC(C)Cl)CC1. The molecule has 1 aliphatic heterocycles. The van der Waals surface area contributed by atoms with E-state index < -0.39 is 0 Å². The summed E-state index contributed by atoms with van der Waals surface area (Å²) in [7, 11) is 1.72. The molecule has 0 bridgehead atoms. The maximum absolute atomic E-state index is 12.8. The van der Waals surface area contributed by atoms with Gasteiger partial charge in [0, 0.05) is 44.2 Å². The minimum Gasteiger partial charge on any atom is -0.382 e. The topological polar surface area (TPSA) is 32.8 Å². The van der Waals surface area contributed by atoms with Crippen molar-refractivity contribution in [3.05, 3.63) is 30.3 Å². The monoisotopic (exact) mass is 352 g/mol. The Labute approximate surface area is 150 Å². The highest BCUT2D eigenvalue weighted by atomic mass is 35.5. The van der Waals surface area contributed by atoms with Gasteiger partial charge in [0.05, 0.1) is 12.1 Å². The third-order valence-electron chi connectivity index (χ3n) is 4.75. The number of anilines is 1. The number of benzene rings is 1. The van der Waals surface area contributed by atoms with E-state index in [1.807, 2.05) is 49.1 Å². The van der Waals surface area contributed by atoms with Gasteiger partial charge in [-0.2, -0.15) is 0 Å². The molecular weight excluding hydrogens is 324 g/mol. The molecule has 1 aromatic carbocycles. The number of piperidine rings is 1. The van der Waals surface area contributed by atoms with Crippen LogP contribution in [0.1, 0.15) is 33.1 Å². The van der Waals surface area contributed by atoms with Crippen LogP contribution >= 0.6 is 11.6 Å². The number of para-hydroxylation sites is 1. The van der Waals surface area contributed by atoms with Crippen molar-refractivity contribution in [1.82, 2.24) is 4.90 Å². The van der Waals surface area contributed by atoms with Gasteiger partial charge >= 0.3 is 0 Å². The quantitative estimate of drug-likeness (QED) is 0.704. The number of hydrogen-bond acceptors (Lipinski definition) is 3. The van der Waals surface area contributed by atoms with Gasteiger partial charge < -0.3 is 14.5 Å². The Morgan fingerprint density at radius 1 is 1.33 bits per heavy atom. The number of rotatable bonds is 7. The van der Waals surface area contributed by atoms with Crippen molar-refractivity contribution in [2.24, 2.45) is 0 Å². The largest absolute Gasteiger partial charge is 0.382 e. The Hall–Kier alpha value is -1.10. The molecule has 1 unspecified atom stereocenters. The summed E-state index contributed by atoms with van der Waals surface area (Å²) in [4.78, 5) is 17.2. The number of halogens is 1. The standard InChI is InChI=1S/C19H29ClN2O2/c1-4-18(23)22(17-8-6-5-7-9-17)19(15-24-3)10-12-21(13-11-19)14-16(2)20/h5-9,16H,4,10-15H2,1-3H3. The van der Waals surface area contributed by atoms with Gasteiger partial charge in [-0.15, -0.1) is 11.6 Å². The Morgan fingerprint density at radius 3 is 2.46 bits per heavy atom. The highest BCUT2D eigenvalue weighted by Gasteiger charge is 2.42. The average Bonchev–Trinajstić information content (AvgIpc) is 2.58. The van der Waals surface area contributed by atoms with E-state index in [4.69, 9.17) is 16.3 Å². The van der Waals surface area contributed by atoms with Crippen molar-refractivity contribution < 1.29 is 9.53 Å². The van der Waals surface area contributed by atoms with Crippen LogP contribution in [-0.2, 0) is 9.53 Å². The van der Waals surface area contributed by atoms with Crippen LogP contribution in [0.25, 0.3) is 0 Å². The van der Waals surface area contributed by atoms with Crippen LogP contribution in [0.15, 0.2) is 30.3 Å². The molecule has 4 nitrogen and oxygen atoms in total. The van der Waals surface area contributed by atoms with Crippen LogP contribution in [0.2, 0.25) is 0 Å². The second kappa shape index (κ2) is 8.84. The van der Waals surface area contributed by atoms with Gasteiger partial charge in [0.25, 0.3) is 0 Å². The first-order valence-corrected chi connectivity index (χ1v) is 9.19. The molecule has 24 heavy (non-hydrogen) atoms. The number of nitrogens with zero attached hydrogens (tertiary/aromatic N) is 2. The molecule has 0 saturated carbocycles. The third-order valence-corrected chi connectivity index (χ3v) is 4.89. The molecule has 5 heteroatoms. The van der Waals surface area contributed by atoms with E-state index in [2.05, 4.69) is 4.90 Å². The molecule has 2 rings (SSSR count). The molecule has 0 radical (unpaired) electrons. The second-order valence-electron chi connectivity index (χ2n) is 6.66. The van der Waals surface area contributed by atoms with Crippen LogP contribution in [0.5, 0.6) is 0 Å². The molecule has 1 aromatic rings. The van der Waals surface area contributed by atoms with Gasteiger partial charge in [-0.1, -0.05) is 25.1 Å². The molecule has 1 aliphatic rings. The minimum absolute atomic E-state index is 0.141. The smallest absolute Gasteiger partial charge is 0.227 e. The Balaban J connectivity index is 2.27. The zero-order valence-corrected chi connectivity index (χ0v) is 15.8. The summed E-state index contributed by atoms with van der Waals surface area (Å²) in [6.45, 7) is 7.25. The normalized spacial score (nSPS) is 19.0. The molecule has 1 atom stereocenters. The lowest BCUT2D eigenvalue weighted by Gasteiger charge is -2.48. The first kappa shape index (κ1) is 19.2. The van der Waals surface area contributed by atoms with E-state index in [1.165, 1.54) is 0 Å². The summed E-state index contributed by atoms with van der Waals surface area (Å²) < 4.78 is 5.56. The first-order valence-electron chi connectivity index (χ1n) is 8.76. The van der Waals surface area contributed by atoms with Gasteiger partial charge in [-0.05, 0) is 31.9 Å². The van der Waals surface area contributed by atoms with Crippen molar-refractivity contribution in [3.63, 3.8) is 0 Å². The summed E-state index contributed by atoms with van der Waals surface area (Å²) in [6, 6.07) is 9.97. The highest BCUT2D eigenvalue weighted by Crippen LogP contribution is 2.34. The van der Waals surface area contributed by atoms with Crippen molar-refractivity contribution in [2.45, 2.75) is 44.0 Å². The first-order chi connectivity index (χ1) is 11.5. The fourth-order valence-corrected chi connectivity index (χ4v) is 3.82. The molecule has 1 heterocycles. The molecule has 1 amide bonds. The summed E-state index contributed by atoms with van der Waals surface area (Å²) >= 11 is 6.14. The Bertz CT molecular complexity index is 513. The molecule has 1 fully saturated rings.